The zero-order valence-corrected chi connectivity index (χ0v) is 24.2. The van der Waals surface area contributed by atoms with Crippen molar-refractivity contribution in [2.75, 3.05) is 94.6 Å². The van der Waals surface area contributed by atoms with E-state index in [4.69, 9.17) is 0 Å². The zero-order chi connectivity index (χ0) is 27.7. The van der Waals surface area contributed by atoms with E-state index in [9.17, 15) is 14.4 Å². The normalized spacial score (nSPS) is 12.2. The highest BCUT2D eigenvalue weighted by molar-refractivity contribution is 5.88. The average molecular weight is 511 g/mol. The molecule has 0 radical (unpaired) electrons. The second-order valence-electron chi connectivity index (χ2n) is 11.9. The molecule has 208 valence electrons. The fourth-order valence-electron chi connectivity index (χ4n) is 4.22. The Hall–Kier alpha value is -2.03. The second-order valence-corrected chi connectivity index (χ2v) is 11.9. The van der Waals surface area contributed by atoms with Crippen molar-refractivity contribution in [1.29, 1.82) is 0 Å². The molecule has 0 rings (SSSR count). The van der Waals surface area contributed by atoms with E-state index >= 15 is 0 Å². The third-order valence-corrected chi connectivity index (χ3v) is 6.82. The molecule has 0 aliphatic heterocycles. The number of hydrogen-bond donors (Lipinski definition) is 2. The first kappa shape index (κ1) is 34.0. The summed E-state index contributed by atoms with van der Waals surface area (Å²) < 4.78 is 2.69. The van der Waals surface area contributed by atoms with Crippen molar-refractivity contribution in [3.05, 3.63) is 25.3 Å². The Balaban J connectivity index is 4.02. The molecule has 0 aromatic carbocycles. The Morgan fingerprint density at radius 2 is 1.06 bits per heavy atom. The largest absolute Gasteiger partial charge is 0.356 e. The Morgan fingerprint density at radius 3 is 1.58 bits per heavy atom. The van der Waals surface area contributed by atoms with Gasteiger partial charge in [0.15, 0.2) is 5.78 Å². The van der Waals surface area contributed by atoms with E-state index in [-0.39, 0.29) is 17.6 Å². The van der Waals surface area contributed by atoms with Crippen molar-refractivity contribution in [3.8, 4) is 0 Å². The molecule has 8 nitrogen and oxygen atoms in total. The van der Waals surface area contributed by atoms with Crippen LogP contribution in [0.1, 0.15) is 44.9 Å². The highest BCUT2D eigenvalue weighted by Crippen LogP contribution is 2.09. The minimum absolute atomic E-state index is 0.111. The molecule has 0 saturated carbocycles. The standard InChI is InChI=1S/C28H54N5O3/c1-9-26(34)16-11-12-20-31(3,4)23-15-24-32(5,6)21-14-19-30-28(36)17-25-33(7,8)22-13-18-29-27(35)10-2/h9-10H,1-2,11-25H2,3-8H3/q+1/p+2. The lowest BCUT2D eigenvalue weighted by Crippen LogP contribution is -2.46. The van der Waals surface area contributed by atoms with Gasteiger partial charge in [0, 0.05) is 38.8 Å². The molecule has 8 heteroatoms. The van der Waals surface area contributed by atoms with Crippen molar-refractivity contribution in [3.63, 3.8) is 0 Å². The lowest BCUT2D eigenvalue weighted by Gasteiger charge is -2.33. The van der Waals surface area contributed by atoms with Gasteiger partial charge in [-0.05, 0) is 25.0 Å². The number of nitrogens with zero attached hydrogens (tertiary/aromatic N) is 3. The van der Waals surface area contributed by atoms with E-state index in [1.165, 1.54) is 12.2 Å². The van der Waals surface area contributed by atoms with Crippen LogP contribution in [0.25, 0.3) is 0 Å². The Labute approximate surface area is 221 Å². The third-order valence-electron chi connectivity index (χ3n) is 6.82. The molecule has 0 spiro atoms. The van der Waals surface area contributed by atoms with Crippen LogP contribution in [-0.2, 0) is 14.4 Å². The highest BCUT2D eigenvalue weighted by atomic mass is 16.2. The van der Waals surface area contributed by atoms with Gasteiger partial charge in [-0.3, -0.25) is 14.4 Å². The molecule has 2 amide bonds. The van der Waals surface area contributed by atoms with Crippen molar-refractivity contribution in [2.24, 2.45) is 0 Å². The number of nitrogens with one attached hydrogen (secondary N) is 2. The topological polar surface area (TPSA) is 75.3 Å². The molecule has 0 saturated heterocycles. The molecule has 0 unspecified atom stereocenters. The molecule has 0 atom stereocenters. The van der Waals surface area contributed by atoms with Crippen molar-refractivity contribution in [1.82, 2.24) is 10.6 Å². The first-order valence-corrected chi connectivity index (χ1v) is 13.5. The fourth-order valence-corrected chi connectivity index (χ4v) is 4.22. The van der Waals surface area contributed by atoms with Crippen LogP contribution in [0.3, 0.4) is 0 Å². The minimum atomic E-state index is -0.144. The van der Waals surface area contributed by atoms with Gasteiger partial charge < -0.3 is 24.1 Å². The first-order chi connectivity index (χ1) is 16.7. The van der Waals surface area contributed by atoms with E-state index in [1.807, 2.05) is 0 Å². The maximum absolute atomic E-state index is 12.3. The summed E-state index contributed by atoms with van der Waals surface area (Å²) in [6.07, 6.45) is 8.82. The fraction of sp³-hybridized carbons (Fsp3) is 0.750. The van der Waals surface area contributed by atoms with Gasteiger partial charge in [-0.2, -0.15) is 0 Å². The van der Waals surface area contributed by atoms with Gasteiger partial charge in [-0.15, -0.1) is 0 Å². The number of carbonyl (C=O) groups is 3. The Kier molecular flexibility index (Phi) is 16.4. The summed E-state index contributed by atoms with van der Waals surface area (Å²) in [4.78, 5) is 34.8. The quantitative estimate of drug-likeness (QED) is 0.133. The molecule has 0 heterocycles. The molecule has 0 bridgehead atoms. The number of hydrogen-bond acceptors (Lipinski definition) is 3. The summed E-state index contributed by atoms with van der Waals surface area (Å²) in [6.45, 7) is 14.4. The minimum Gasteiger partial charge on any atom is -0.356 e. The molecular weight excluding hydrogens is 454 g/mol. The van der Waals surface area contributed by atoms with Crippen molar-refractivity contribution in [2.45, 2.75) is 44.9 Å². The molecule has 2 N–H and O–H groups in total. The van der Waals surface area contributed by atoms with Crippen molar-refractivity contribution < 1.29 is 27.8 Å². The molecular formula is C28H56N5O3+3. The summed E-state index contributed by atoms with van der Waals surface area (Å²) in [7, 11) is 13.3. The lowest BCUT2D eigenvalue weighted by atomic mass is 10.1. The monoisotopic (exact) mass is 510 g/mol. The van der Waals surface area contributed by atoms with Gasteiger partial charge in [-0.1, -0.05) is 13.2 Å². The number of carbonyl (C=O) groups excluding carboxylic acids is 3. The number of quaternary nitrogens is 3. The first-order valence-electron chi connectivity index (χ1n) is 13.5. The van der Waals surface area contributed by atoms with E-state index in [2.05, 4.69) is 66.1 Å². The Bertz CT molecular complexity index is 701. The molecule has 0 fully saturated rings. The second kappa shape index (κ2) is 17.4. The molecule has 36 heavy (non-hydrogen) atoms. The van der Waals surface area contributed by atoms with Crippen LogP contribution in [-0.4, -0.2) is 126 Å². The van der Waals surface area contributed by atoms with Gasteiger partial charge >= 0.3 is 0 Å². The Morgan fingerprint density at radius 1 is 0.583 bits per heavy atom. The number of amides is 2. The number of unbranched alkanes of at least 4 members (excludes halogenated alkanes) is 1. The summed E-state index contributed by atoms with van der Waals surface area (Å²) in [6, 6.07) is 0. The predicted molar refractivity (Wildman–Crippen MR) is 149 cm³/mol. The number of rotatable bonds is 22. The summed E-state index contributed by atoms with van der Waals surface area (Å²) >= 11 is 0. The molecule has 0 aliphatic rings. The number of allylic oxidation sites excluding steroid dienone is 1. The van der Waals surface area contributed by atoms with Crippen molar-refractivity contribution >= 4 is 17.6 Å². The summed E-state index contributed by atoms with van der Waals surface area (Å²) in [5, 5.41) is 5.87. The van der Waals surface area contributed by atoms with Gasteiger partial charge in [0.25, 0.3) is 0 Å². The van der Waals surface area contributed by atoms with Gasteiger partial charge in [0.05, 0.1) is 88.0 Å². The third kappa shape index (κ3) is 19.2. The van der Waals surface area contributed by atoms with E-state index in [0.29, 0.717) is 25.9 Å². The molecule has 0 aromatic heterocycles. The van der Waals surface area contributed by atoms with Gasteiger partial charge in [0.2, 0.25) is 11.8 Å². The average Bonchev–Trinajstić information content (AvgIpc) is 2.80. The van der Waals surface area contributed by atoms with E-state index in [0.717, 1.165) is 84.8 Å². The van der Waals surface area contributed by atoms with Crippen LogP contribution < -0.4 is 10.6 Å². The van der Waals surface area contributed by atoms with Crippen LogP contribution in [0, 0.1) is 0 Å². The molecule has 0 aliphatic carbocycles. The van der Waals surface area contributed by atoms with Crippen LogP contribution in [0.5, 0.6) is 0 Å². The van der Waals surface area contributed by atoms with Gasteiger partial charge in [-0.25, -0.2) is 0 Å². The predicted octanol–water partition coefficient (Wildman–Crippen LogP) is 2.12. The molecule has 0 aromatic rings. The highest BCUT2D eigenvalue weighted by Gasteiger charge is 2.20. The smallest absolute Gasteiger partial charge is 0.243 e. The SMILES string of the molecule is C=CC(=O)CCCC[N+](C)(C)CCC[N+](C)(C)CCCNC(=O)CC[N+](C)(C)CCCNC(=O)C=C. The number of ketones is 1. The maximum atomic E-state index is 12.3. The van der Waals surface area contributed by atoms with E-state index in [1.54, 1.807) is 0 Å². The summed E-state index contributed by atoms with van der Waals surface area (Å²) in [5.74, 6) is 0.108. The van der Waals surface area contributed by atoms with Crippen LogP contribution in [0.2, 0.25) is 0 Å². The van der Waals surface area contributed by atoms with Crippen LogP contribution >= 0.6 is 0 Å². The van der Waals surface area contributed by atoms with Crippen LogP contribution in [0.15, 0.2) is 25.3 Å². The lowest BCUT2D eigenvalue weighted by molar-refractivity contribution is -0.909. The summed E-state index contributed by atoms with van der Waals surface area (Å²) in [5.41, 5.74) is 0. The zero-order valence-electron chi connectivity index (χ0n) is 24.2. The van der Waals surface area contributed by atoms with E-state index < -0.39 is 0 Å². The van der Waals surface area contributed by atoms with Crippen LogP contribution in [0.4, 0.5) is 0 Å². The maximum Gasteiger partial charge on any atom is 0.243 e. The van der Waals surface area contributed by atoms with Gasteiger partial charge in [0.1, 0.15) is 0 Å².